The van der Waals surface area contributed by atoms with Gasteiger partial charge >= 0.3 is 0 Å². The molecule has 0 radical (unpaired) electrons. The Balaban J connectivity index is 1.40. The topological polar surface area (TPSA) is 77.2 Å². The van der Waals surface area contributed by atoms with E-state index in [2.05, 4.69) is 17.0 Å². The molecule has 7 heteroatoms. The lowest BCUT2D eigenvalue weighted by Gasteiger charge is -2.28. The minimum Gasteiger partial charge on any atom is -0.488 e. The molecule has 1 fully saturated rings. The average molecular weight is 468 g/mol. The highest BCUT2D eigenvalue weighted by molar-refractivity contribution is 6.03. The maximum absolute atomic E-state index is 11.1. The molecule has 0 unspecified atom stereocenters. The molecule has 0 bridgehead atoms. The molecule has 0 saturated carbocycles. The van der Waals surface area contributed by atoms with Crippen LogP contribution in [0.5, 0.6) is 5.75 Å². The van der Waals surface area contributed by atoms with Crippen LogP contribution in [0.1, 0.15) is 11.1 Å². The minimum atomic E-state index is -0.401. The van der Waals surface area contributed by atoms with Crippen molar-refractivity contribution in [2.24, 2.45) is 4.99 Å². The fourth-order valence-corrected chi connectivity index (χ4v) is 4.17. The van der Waals surface area contributed by atoms with Crippen LogP contribution in [-0.4, -0.2) is 37.4 Å². The first-order chi connectivity index (χ1) is 17.2. The molecule has 1 aliphatic rings. The van der Waals surface area contributed by atoms with E-state index in [-0.39, 0.29) is 12.3 Å². The molecular formula is C28H25N3O4. The molecule has 0 aromatic heterocycles. The normalized spacial score (nSPS) is 13.9. The summed E-state index contributed by atoms with van der Waals surface area (Å²) in [6.07, 6.45) is 1.83. The number of nitrogens with zero attached hydrogens (tertiary/aromatic N) is 3. The van der Waals surface area contributed by atoms with E-state index in [0.29, 0.717) is 5.75 Å². The van der Waals surface area contributed by atoms with Gasteiger partial charge in [0.2, 0.25) is 0 Å². The summed E-state index contributed by atoms with van der Waals surface area (Å²) in [5, 5.41) is 13.2. The van der Waals surface area contributed by atoms with E-state index in [0.717, 1.165) is 53.9 Å². The van der Waals surface area contributed by atoms with E-state index >= 15 is 0 Å². The van der Waals surface area contributed by atoms with Gasteiger partial charge in [-0.15, -0.1) is 0 Å². The number of non-ortho nitro benzene ring substituents is 1. The predicted octanol–water partition coefficient (Wildman–Crippen LogP) is 5.91. The highest BCUT2D eigenvalue weighted by atomic mass is 16.6. The number of anilines is 1. The molecule has 7 nitrogen and oxygen atoms in total. The lowest BCUT2D eigenvalue weighted by molar-refractivity contribution is -0.384. The first kappa shape index (κ1) is 22.6. The third-order valence-electron chi connectivity index (χ3n) is 6.02. The van der Waals surface area contributed by atoms with Gasteiger partial charge in [-0.25, -0.2) is 0 Å². The first-order valence-electron chi connectivity index (χ1n) is 11.5. The molecule has 1 heterocycles. The molecule has 0 N–H and O–H groups in total. The Morgan fingerprint density at radius 2 is 1.77 bits per heavy atom. The molecule has 1 saturated heterocycles. The molecule has 4 aromatic rings. The van der Waals surface area contributed by atoms with Gasteiger partial charge in [-0.2, -0.15) is 0 Å². The summed E-state index contributed by atoms with van der Waals surface area (Å²) >= 11 is 0. The maximum atomic E-state index is 11.1. The third kappa shape index (κ3) is 5.31. The van der Waals surface area contributed by atoms with E-state index in [9.17, 15) is 10.1 Å². The van der Waals surface area contributed by atoms with Crippen LogP contribution in [0.3, 0.4) is 0 Å². The quantitative estimate of drug-likeness (QED) is 0.192. The second-order valence-corrected chi connectivity index (χ2v) is 8.29. The number of nitro groups is 1. The van der Waals surface area contributed by atoms with E-state index < -0.39 is 4.92 Å². The average Bonchev–Trinajstić information content (AvgIpc) is 2.92. The number of aliphatic imine (C=N–C) groups is 1. The number of fused-ring (bicyclic) bond motifs is 1. The summed E-state index contributed by atoms with van der Waals surface area (Å²) in [5.74, 6) is 0.670. The summed E-state index contributed by atoms with van der Waals surface area (Å²) in [6, 6.07) is 26.7. The summed E-state index contributed by atoms with van der Waals surface area (Å²) < 4.78 is 11.6. The standard InChI is InChI=1S/C28H25N3O4/c32-31(33)25-6-3-4-21(18-25)20-35-28-13-8-22-5-1-2-7-26(22)27(28)19-29-23-9-11-24(12-10-23)30-14-16-34-17-15-30/h1-13,18-19H,14-17,20H2. The van der Waals surface area contributed by atoms with Gasteiger partial charge in [-0.1, -0.05) is 42.5 Å². The number of benzene rings is 4. The highest BCUT2D eigenvalue weighted by Crippen LogP contribution is 2.29. The summed E-state index contributed by atoms with van der Waals surface area (Å²) in [6.45, 7) is 3.50. The summed E-state index contributed by atoms with van der Waals surface area (Å²) in [5.41, 5.74) is 3.66. The van der Waals surface area contributed by atoms with Gasteiger partial charge in [0.25, 0.3) is 5.69 Å². The smallest absolute Gasteiger partial charge is 0.269 e. The van der Waals surface area contributed by atoms with Gasteiger partial charge in [-0.3, -0.25) is 15.1 Å². The first-order valence-corrected chi connectivity index (χ1v) is 11.5. The number of hydrogen-bond donors (Lipinski definition) is 0. The minimum absolute atomic E-state index is 0.0481. The van der Waals surface area contributed by atoms with Gasteiger partial charge in [0.1, 0.15) is 12.4 Å². The SMILES string of the molecule is O=[N+]([O-])c1cccc(COc2ccc3ccccc3c2C=Nc2ccc(N3CCOCC3)cc2)c1. The molecule has 1 aliphatic heterocycles. The second kappa shape index (κ2) is 10.4. The third-order valence-corrected chi connectivity index (χ3v) is 6.02. The number of ether oxygens (including phenoxy) is 2. The van der Waals surface area contributed by atoms with Crippen molar-refractivity contribution in [3.8, 4) is 5.75 Å². The van der Waals surface area contributed by atoms with Crippen molar-refractivity contribution in [3.63, 3.8) is 0 Å². The highest BCUT2D eigenvalue weighted by Gasteiger charge is 2.12. The summed E-state index contributed by atoms with van der Waals surface area (Å²) in [4.78, 5) is 17.7. The van der Waals surface area contributed by atoms with Crippen LogP contribution in [0.4, 0.5) is 17.1 Å². The second-order valence-electron chi connectivity index (χ2n) is 8.29. The van der Waals surface area contributed by atoms with Gasteiger partial charge < -0.3 is 14.4 Å². The zero-order valence-electron chi connectivity index (χ0n) is 19.2. The molecule has 0 aliphatic carbocycles. The van der Waals surface area contributed by atoms with Crippen molar-refractivity contribution in [1.82, 2.24) is 0 Å². The van der Waals surface area contributed by atoms with Crippen LogP contribution >= 0.6 is 0 Å². The van der Waals surface area contributed by atoms with Crippen LogP contribution < -0.4 is 9.64 Å². The fraction of sp³-hybridized carbons (Fsp3) is 0.179. The lowest BCUT2D eigenvalue weighted by atomic mass is 10.0. The number of nitro benzene ring substituents is 1. The van der Waals surface area contributed by atoms with Crippen molar-refractivity contribution in [2.45, 2.75) is 6.61 Å². The van der Waals surface area contributed by atoms with Crippen LogP contribution in [0, 0.1) is 10.1 Å². The van der Waals surface area contributed by atoms with Crippen LogP contribution in [-0.2, 0) is 11.3 Å². The Morgan fingerprint density at radius 3 is 2.57 bits per heavy atom. The Bertz CT molecular complexity index is 1360. The molecule has 35 heavy (non-hydrogen) atoms. The summed E-state index contributed by atoms with van der Waals surface area (Å²) in [7, 11) is 0. The van der Waals surface area contributed by atoms with Crippen molar-refractivity contribution >= 4 is 34.0 Å². The maximum Gasteiger partial charge on any atom is 0.269 e. The molecule has 0 spiro atoms. The molecule has 4 aromatic carbocycles. The largest absolute Gasteiger partial charge is 0.488 e. The molecule has 0 atom stereocenters. The molecule has 176 valence electrons. The monoisotopic (exact) mass is 467 g/mol. The van der Waals surface area contributed by atoms with Gasteiger partial charge in [-0.05, 0) is 46.7 Å². The predicted molar refractivity (Wildman–Crippen MR) is 138 cm³/mol. The molecular weight excluding hydrogens is 442 g/mol. The van der Waals surface area contributed by atoms with E-state index in [1.807, 2.05) is 60.8 Å². The fourth-order valence-electron chi connectivity index (χ4n) is 4.17. The number of morpholine rings is 1. The lowest BCUT2D eigenvalue weighted by Crippen LogP contribution is -2.36. The van der Waals surface area contributed by atoms with Gasteiger partial charge in [0, 0.05) is 42.7 Å². The van der Waals surface area contributed by atoms with Crippen molar-refractivity contribution in [3.05, 3.63) is 106 Å². The van der Waals surface area contributed by atoms with E-state index in [1.165, 1.54) is 17.8 Å². The number of hydrogen-bond acceptors (Lipinski definition) is 6. The van der Waals surface area contributed by atoms with E-state index in [4.69, 9.17) is 14.5 Å². The van der Waals surface area contributed by atoms with Crippen molar-refractivity contribution in [1.29, 1.82) is 0 Å². The van der Waals surface area contributed by atoms with Crippen molar-refractivity contribution < 1.29 is 14.4 Å². The number of rotatable bonds is 7. The van der Waals surface area contributed by atoms with Gasteiger partial charge in [0.15, 0.2) is 0 Å². The zero-order valence-corrected chi connectivity index (χ0v) is 19.2. The Labute approximate surface area is 203 Å². The Kier molecular flexibility index (Phi) is 6.68. The molecule has 5 rings (SSSR count). The zero-order chi connectivity index (χ0) is 24.0. The van der Waals surface area contributed by atoms with Crippen LogP contribution in [0.15, 0.2) is 89.9 Å². The van der Waals surface area contributed by atoms with E-state index in [1.54, 1.807) is 6.07 Å². The van der Waals surface area contributed by atoms with Crippen LogP contribution in [0.25, 0.3) is 10.8 Å². The van der Waals surface area contributed by atoms with Gasteiger partial charge in [0.05, 0.1) is 23.8 Å². The Morgan fingerprint density at radius 1 is 0.971 bits per heavy atom. The van der Waals surface area contributed by atoms with Crippen molar-refractivity contribution in [2.75, 3.05) is 31.2 Å². The Hall–Kier alpha value is -4.23. The van der Waals surface area contributed by atoms with Crippen LogP contribution in [0.2, 0.25) is 0 Å². The molecule has 0 amide bonds.